The van der Waals surface area contributed by atoms with E-state index < -0.39 is 0 Å². The van der Waals surface area contributed by atoms with E-state index in [9.17, 15) is 9.59 Å². The third kappa shape index (κ3) is 4.62. The number of carbonyl (C=O) groups is 2. The fourth-order valence-electron chi connectivity index (χ4n) is 3.89. The molecule has 2 fully saturated rings. The molecule has 1 aromatic carbocycles. The van der Waals surface area contributed by atoms with Crippen molar-refractivity contribution in [2.75, 3.05) is 39.8 Å². The van der Waals surface area contributed by atoms with Crippen molar-refractivity contribution in [3.05, 3.63) is 35.9 Å². The van der Waals surface area contributed by atoms with E-state index in [1.807, 2.05) is 18.0 Å². The Morgan fingerprint density at radius 2 is 2.04 bits per heavy atom. The molecule has 2 aliphatic heterocycles. The molecular formula is C20H30N4O2. The largest absolute Gasteiger partial charge is 0.341 e. The van der Waals surface area contributed by atoms with E-state index in [0.717, 1.165) is 32.5 Å². The lowest BCUT2D eigenvalue weighted by Crippen LogP contribution is -2.54. The third-order valence-electron chi connectivity index (χ3n) is 5.67. The van der Waals surface area contributed by atoms with Gasteiger partial charge in [0.15, 0.2) is 0 Å². The highest BCUT2D eigenvalue weighted by Crippen LogP contribution is 2.23. The summed E-state index contributed by atoms with van der Waals surface area (Å²) in [5, 5.41) is 3.04. The number of carbonyl (C=O) groups excluding carboxylic acids is 2. The van der Waals surface area contributed by atoms with Crippen molar-refractivity contribution >= 4 is 11.8 Å². The van der Waals surface area contributed by atoms with E-state index >= 15 is 0 Å². The van der Waals surface area contributed by atoms with Crippen molar-refractivity contribution in [3.8, 4) is 0 Å². The number of nitrogens with zero attached hydrogens (tertiary/aromatic N) is 3. The summed E-state index contributed by atoms with van der Waals surface area (Å²) in [6.07, 6.45) is 1.96. The quantitative estimate of drug-likeness (QED) is 0.851. The van der Waals surface area contributed by atoms with Crippen LogP contribution in [0.3, 0.4) is 0 Å². The van der Waals surface area contributed by atoms with E-state index in [-0.39, 0.29) is 24.4 Å². The number of nitrogens with one attached hydrogen (secondary N) is 1. The maximum absolute atomic E-state index is 12.6. The van der Waals surface area contributed by atoms with Crippen LogP contribution in [-0.4, -0.2) is 78.4 Å². The van der Waals surface area contributed by atoms with Gasteiger partial charge in [0.25, 0.3) is 0 Å². The first-order chi connectivity index (χ1) is 12.5. The summed E-state index contributed by atoms with van der Waals surface area (Å²) < 4.78 is 0. The Bertz CT molecular complexity index is 621. The smallest absolute Gasteiger partial charge is 0.242 e. The van der Waals surface area contributed by atoms with E-state index in [4.69, 9.17) is 0 Å². The van der Waals surface area contributed by atoms with E-state index in [2.05, 4.69) is 41.4 Å². The first-order valence-corrected chi connectivity index (χ1v) is 9.56. The number of piperidine rings is 1. The zero-order valence-electron chi connectivity index (χ0n) is 15.9. The molecule has 26 heavy (non-hydrogen) atoms. The highest BCUT2D eigenvalue weighted by atomic mass is 16.2. The lowest BCUT2D eigenvalue weighted by molar-refractivity contribution is -0.142. The third-order valence-corrected chi connectivity index (χ3v) is 5.67. The molecule has 0 saturated carbocycles. The molecule has 1 aromatic rings. The average molecular weight is 358 g/mol. The van der Waals surface area contributed by atoms with Gasteiger partial charge < -0.3 is 15.1 Å². The minimum absolute atomic E-state index is 0.0176. The average Bonchev–Trinajstić information content (AvgIpc) is 2.65. The first kappa shape index (κ1) is 18.9. The standard InChI is InChI=1S/C20H30N4O2/c1-16-12-18(8-10-23(16)14-17-6-4-3-5-7-17)22(2)20(26)15-24-11-9-21-13-19(24)25/h3-7,16,18,21H,8-15H2,1-2H3. The molecule has 0 aromatic heterocycles. The Morgan fingerprint density at radius 1 is 1.27 bits per heavy atom. The number of amides is 2. The van der Waals surface area contributed by atoms with Crippen LogP contribution in [-0.2, 0) is 16.1 Å². The molecule has 0 aliphatic carbocycles. The molecule has 142 valence electrons. The second-order valence-corrected chi connectivity index (χ2v) is 7.48. The second-order valence-electron chi connectivity index (χ2n) is 7.48. The van der Waals surface area contributed by atoms with Crippen molar-refractivity contribution in [2.45, 2.75) is 38.4 Å². The molecular weight excluding hydrogens is 328 g/mol. The van der Waals surface area contributed by atoms with Crippen LogP contribution in [0, 0.1) is 0 Å². The fraction of sp³-hybridized carbons (Fsp3) is 0.600. The van der Waals surface area contributed by atoms with Gasteiger partial charge in [-0.1, -0.05) is 30.3 Å². The van der Waals surface area contributed by atoms with Crippen LogP contribution in [0.15, 0.2) is 30.3 Å². The summed E-state index contributed by atoms with van der Waals surface area (Å²) in [5.74, 6) is 0.0676. The van der Waals surface area contributed by atoms with Crippen LogP contribution >= 0.6 is 0 Å². The summed E-state index contributed by atoms with van der Waals surface area (Å²) in [7, 11) is 1.89. The number of benzene rings is 1. The maximum Gasteiger partial charge on any atom is 0.242 e. The van der Waals surface area contributed by atoms with Crippen molar-refractivity contribution in [1.29, 1.82) is 0 Å². The Hall–Kier alpha value is -1.92. The van der Waals surface area contributed by atoms with Gasteiger partial charge >= 0.3 is 0 Å². The molecule has 0 bridgehead atoms. The van der Waals surface area contributed by atoms with Crippen LogP contribution < -0.4 is 5.32 Å². The van der Waals surface area contributed by atoms with Gasteiger partial charge in [-0.3, -0.25) is 14.5 Å². The maximum atomic E-state index is 12.6. The van der Waals surface area contributed by atoms with E-state index in [1.54, 1.807) is 4.90 Å². The number of piperazine rings is 1. The van der Waals surface area contributed by atoms with Gasteiger partial charge in [-0.05, 0) is 25.3 Å². The highest BCUT2D eigenvalue weighted by molar-refractivity contribution is 5.86. The van der Waals surface area contributed by atoms with Gasteiger partial charge in [-0.15, -0.1) is 0 Å². The minimum Gasteiger partial charge on any atom is -0.341 e. The predicted octanol–water partition coefficient (Wildman–Crippen LogP) is 0.930. The Balaban J connectivity index is 1.51. The van der Waals surface area contributed by atoms with Crippen LogP contribution in [0.2, 0.25) is 0 Å². The monoisotopic (exact) mass is 358 g/mol. The molecule has 2 aliphatic rings. The minimum atomic E-state index is 0.0176. The van der Waals surface area contributed by atoms with Gasteiger partial charge in [0, 0.05) is 45.3 Å². The first-order valence-electron chi connectivity index (χ1n) is 9.56. The molecule has 2 amide bonds. The second kappa shape index (κ2) is 8.64. The summed E-state index contributed by atoms with van der Waals surface area (Å²) in [6, 6.07) is 11.2. The SMILES string of the molecule is CC1CC(N(C)C(=O)CN2CCNCC2=O)CCN1Cc1ccccc1. The van der Waals surface area contributed by atoms with Crippen LogP contribution in [0.4, 0.5) is 0 Å². The van der Waals surface area contributed by atoms with Gasteiger partial charge in [-0.25, -0.2) is 0 Å². The predicted molar refractivity (Wildman–Crippen MR) is 102 cm³/mol. The number of rotatable bonds is 5. The van der Waals surface area contributed by atoms with Crippen molar-refractivity contribution in [1.82, 2.24) is 20.0 Å². The van der Waals surface area contributed by atoms with Crippen molar-refractivity contribution in [2.24, 2.45) is 0 Å². The molecule has 2 unspecified atom stereocenters. The molecule has 2 saturated heterocycles. The summed E-state index contributed by atoms with van der Waals surface area (Å²) in [4.78, 5) is 30.5. The number of likely N-dealkylation sites (tertiary alicyclic amines) is 1. The van der Waals surface area contributed by atoms with Crippen LogP contribution in [0.5, 0.6) is 0 Å². The van der Waals surface area contributed by atoms with Gasteiger partial charge in [-0.2, -0.15) is 0 Å². The topological polar surface area (TPSA) is 55.9 Å². The number of hydrogen-bond acceptors (Lipinski definition) is 4. The summed E-state index contributed by atoms with van der Waals surface area (Å²) >= 11 is 0. The van der Waals surface area contributed by atoms with Crippen molar-refractivity contribution < 1.29 is 9.59 Å². The summed E-state index contributed by atoms with van der Waals surface area (Å²) in [5.41, 5.74) is 1.33. The van der Waals surface area contributed by atoms with E-state index in [1.165, 1.54) is 5.56 Å². The van der Waals surface area contributed by atoms with Gasteiger partial charge in [0.1, 0.15) is 0 Å². The van der Waals surface area contributed by atoms with Gasteiger partial charge in [0.2, 0.25) is 11.8 Å². The number of hydrogen-bond donors (Lipinski definition) is 1. The van der Waals surface area contributed by atoms with Crippen LogP contribution in [0.1, 0.15) is 25.3 Å². The lowest BCUT2D eigenvalue weighted by Gasteiger charge is -2.41. The molecule has 6 heteroatoms. The lowest BCUT2D eigenvalue weighted by atomic mass is 9.96. The molecule has 3 rings (SSSR count). The van der Waals surface area contributed by atoms with Gasteiger partial charge in [0.05, 0.1) is 13.1 Å². The van der Waals surface area contributed by atoms with Crippen LogP contribution in [0.25, 0.3) is 0 Å². The molecule has 2 atom stereocenters. The molecule has 6 nitrogen and oxygen atoms in total. The fourth-order valence-corrected chi connectivity index (χ4v) is 3.89. The Morgan fingerprint density at radius 3 is 2.73 bits per heavy atom. The molecule has 2 heterocycles. The van der Waals surface area contributed by atoms with E-state index in [0.29, 0.717) is 19.1 Å². The normalized spacial score (nSPS) is 24.5. The van der Waals surface area contributed by atoms with Crippen molar-refractivity contribution in [3.63, 3.8) is 0 Å². The highest BCUT2D eigenvalue weighted by Gasteiger charge is 2.31. The Kier molecular flexibility index (Phi) is 6.27. The summed E-state index contributed by atoms with van der Waals surface area (Å²) in [6.45, 7) is 6.11. The zero-order valence-corrected chi connectivity index (χ0v) is 15.9. The molecule has 1 N–H and O–H groups in total. The zero-order chi connectivity index (χ0) is 18.5. The number of likely N-dealkylation sites (N-methyl/N-ethyl adjacent to an activating group) is 1. The molecule has 0 spiro atoms. The Labute approximate surface area is 156 Å². The molecule has 0 radical (unpaired) electrons.